The molecular formula is C23H17F2N7O4. The SMILES string of the molecule is CCN(C(=O)Cn1nc(-c2ccc3nc[nH]c3c2)c2nc[nH]c2c1=O)c1ccc2c(c1)OC(F)(F)O2. The van der Waals surface area contributed by atoms with Gasteiger partial charge in [-0.3, -0.25) is 9.59 Å². The molecule has 0 saturated heterocycles. The number of imidazole rings is 2. The number of aromatic amines is 2. The van der Waals surface area contributed by atoms with Crippen molar-refractivity contribution in [3.63, 3.8) is 0 Å². The van der Waals surface area contributed by atoms with Crippen molar-refractivity contribution in [2.45, 2.75) is 19.8 Å². The second kappa shape index (κ2) is 7.86. The summed E-state index contributed by atoms with van der Waals surface area (Å²) in [4.78, 5) is 42.0. The monoisotopic (exact) mass is 493 g/mol. The zero-order chi connectivity index (χ0) is 25.0. The Balaban J connectivity index is 1.36. The minimum Gasteiger partial charge on any atom is -0.395 e. The number of aromatic nitrogens is 6. The molecule has 0 spiro atoms. The van der Waals surface area contributed by atoms with Crippen molar-refractivity contribution in [2.24, 2.45) is 0 Å². The van der Waals surface area contributed by atoms with Crippen LogP contribution in [0, 0.1) is 0 Å². The lowest BCUT2D eigenvalue weighted by Gasteiger charge is -2.21. The Morgan fingerprint density at radius 3 is 2.72 bits per heavy atom. The van der Waals surface area contributed by atoms with E-state index in [0.29, 0.717) is 22.5 Å². The molecule has 4 heterocycles. The maximum atomic E-state index is 13.4. The first-order valence-corrected chi connectivity index (χ1v) is 10.9. The molecule has 0 bridgehead atoms. The van der Waals surface area contributed by atoms with Gasteiger partial charge in [-0.2, -0.15) is 5.10 Å². The Morgan fingerprint density at radius 2 is 1.89 bits per heavy atom. The number of H-pyrrole nitrogens is 2. The van der Waals surface area contributed by atoms with Gasteiger partial charge in [0.15, 0.2) is 11.5 Å². The molecule has 3 aromatic heterocycles. The van der Waals surface area contributed by atoms with Crippen LogP contribution in [0.25, 0.3) is 33.3 Å². The second-order valence-electron chi connectivity index (χ2n) is 8.01. The number of hydrogen-bond acceptors (Lipinski definition) is 7. The van der Waals surface area contributed by atoms with Crippen LogP contribution in [0.4, 0.5) is 14.5 Å². The second-order valence-corrected chi connectivity index (χ2v) is 8.01. The van der Waals surface area contributed by atoms with Crippen molar-refractivity contribution < 1.29 is 23.0 Å². The zero-order valence-corrected chi connectivity index (χ0v) is 18.7. The summed E-state index contributed by atoms with van der Waals surface area (Å²) in [5.74, 6) is -0.797. The number of rotatable bonds is 5. The lowest BCUT2D eigenvalue weighted by Crippen LogP contribution is -2.37. The molecule has 36 heavy (non-hydrogen) atoms. The number of hydrogen-bond donors (Lipinski definition) is 2. The quantitative estimate of drug-likeness (QED) is 0.385. The van der Waals surface area contributed by atoms with Gasteiger partial charge in [-0.1, -0.05) is 6.07 Å². The van der Waals surface area contributed by atoms with Gasteiger partial charge in [-0.15, -0.1) is 8.78 Å². The van der Waals surface area contributed by atoms with Crippen molar-refractivity contribution >= 4 is 33.7 Å². The number of fused-ring (bicyclic) bond motifs is 3. The summed E-state index contributed by atoms with van der Waals surface area (Å²) < 4.78 is 36.8. The molecule has 0 aliphatic carbocycles. The molecule has 13 heteroatoms. The summed E-state index contributed by atoms with van der Waals surface area (Å²) >= 11 is 0. The number of benzene rings is 2. The third kappa shape index (κ3) is 3.52. The third-order valence-corrected chi connectivity index (χ3v) is 5.83. The molecular weight excluding hydrogens is 476 g/mol. The van der Waals surface area contributed by atoms with E-state index in [1.807, 2.05) is 12.1 Å². The van der Waals surface area contributed by atoms with E-state index in [0.717, 1.165) is 15.7 Å². The van der Waals surface area contributed by atoms with Gasteiger partial charge in [0.25, 0.3) is 5.56 Å². The van der Waals surface area contributed by atoms with Crippen LogP contribution in [0.1, 0.15) is 6.92 Å². The molecule has 0 unspecified atom stereocenters. The smallest absolute Gasteiger partial charge is 0.395 e. The highest BCUT2D eigenvalue weighted by atomic mass is 19.3. The molecule has 6 rings (SSSR count). The van der Waals surface area contributed by atoms with E-state index >= 15 is 0 Å². The Hall–Kier alpha value is -4.81. The summed E-state index contributed by atoms with van der Waals surface area (Å²) in [5, 5.41) is 4.46. The van der Waals surface area contributed by atoms with E-state index in [-0.39, 0.29) is 23.6 Å². The lowest BCUT2D eigenvalue weighted by molar-refractivity contribution is -0.286. The summed E-state index contributed by atoms with van der Waals surface area (Å²) in [6, 6.07) is 9.49. The van der Waals surface area contributed by atoms with Gasteiger partial charge in [0.1, 0.15) is 23.3 Å². The standard InChI is InChI=1S/C23H17F2N7O4/c1-2-31(13-4-6-16-17(8-13)36-23(24,25)35-16)18(33)9-32-22(34)21-20(28-11-29-21)19(30-32)12-3-5-14-15(7-12)27-10-26-14/h3-8,10-11H,2,9H2,1H3,(H,26,27)(H,28,29). The van der Waals surface area contributed by atoms with E-state index in [1.54, 1.807) is 19.3 Å². The number of anilines is 1. The molecule has 1 aliphatic rings. The van der Waals surface area contributed by atoms with Crippen LogP contribution in [0.15, 0.2) is 53.8 Å². The van der Waals surface area contributed by atoms with Crippen LogP contribution >= 0.6 is 0 Å². The van der Waals surface area contributed by atoms with Crippen LogP contribution in [0.2, 0.25) is 0 Å². The Labute approximate surface area is 200 Å². The highest BCUT2D eigenvalue weighted by Crippen LogP contribution is 2.42. The zero-order valence-electron chi connectivity index (χ0n) is 18.7. The number of halogens is 2. The van der Waals surface area contributed by atoms with E-state index in [9.17, 15) is 18.4 Å². The van der Waals surface area contributed by atoms with Crippen LogP contribution < -0.4 is 19.9 Å². The van der Waals surface area contributed by atoms with Gasteiger partial charge >= 0.3 is 6.29 Å². The lowest BCUT2D eigenvalue weighted by atomic mass is 10.1. The molecule has 2 N–H and O–H groups in total. The van der Waals surface area contributed by atoms with Crippen molar-refractivity contribution in [1.82, 2.24) is 29.7 Å². The fraction of sp³-hybridized carbons (Fsp3) is 0.174. The molecule has 0 fully saturated rings. The minimum atomic E-state index is -3.77. The van der Waals surface area contributed by atoms with Crippen LogP contribution in [0.5, 0.6) is 11.5 Å². The predicted molar refractivity (Wildman–Crippen MR) is 124 cm³/mol. The van der Waals surface area contributed by atoms with Gasteiger partial charge in [-0.05, 0) is 31.2 Å². The molecule has 2 aromatic carbocycles. The first-order valence-electron chi connectivity index (χ1n) is 10.9. The highest BCUT2D eigenvalue weighted by Gasteiger charge is 2.43. The average Bonchev–Trinajstić information content (AvgIpc) is 3.58. The van der Waals surface area contributed by atoms with E-state index in [4.69, 9.17) is 0 Å². The number of carbonyl (C=O) groups excluding carboxylic acids is 1. The molecule has 0 radical (unpaired) electrons. The number of nitrogens with one attached hydrogen (secondary N) is 2. The Kier molecular flexibility index (Phi) is 4.74. The fourth-order valence-corrected chi connectivity index (χ4v) is 4.19. The van der Waals surface area contributed by atoms with Crippen LogP contribution in [-0.4, -0.2) is 48.5 Å². The van der Waals surface area contributed by atoms with Crippen molar-refractivity contribution in [3.8, 4) is 22.8 Å². The highest BCUT2D eigenvalue weighted by molar-refractivity contribution is 5.94. The van der Waals surface area contributed by atoms with Crippen molar-refractivity contribution in [2.75, 3.05) is 11.4 Å². The first-order chi connectivity index (χ1) is 17.3. The largest absolute Gasteiger partial charge is 0.586 e. The number of carbonyl (C=O) groups is 1. The number of amides is 1. The topological polar surface area (TPSA) is 131 Å². The predicted octanol–water partition coefficient (Wildman–Crippen LogP) is 3.04. The van der Waals surface area contributed by atoms with Gasteiger partial charge in [-0.25, -0.2) is 14.6 Å². The van der Waals surface area contributed by atoms with Crippen molar-refractivity contribution in [3.05, 3.63) is 59.4 Å². The number of ether oxygens (including phenoxy) is 2. The normalized spacial score (nSPS) is 14.0. The molecule has 1 aliphatic heterocycles. The van der Waals surface area contributed by atoms with Crippen LogP contribution in [0.3, 0.4) is 0 Å². The summed E-state index contributed by atoms with van der Waals surface area (Å²) in [6.07, 6.45) is -0.810. The van der Waals surface area contributed by atoms with Gasteiger partial charge in [0, 0.05) is 23.9 Å². The summed E-state index contributed by atoms with van der Waals surface area (Å²) in [7, 11) is 0. The maximum Gasteiger partial charge on any atom is 0.586 e. The van der Waals surface area contributed by atoms with Crippen LogP contribution in [-0.2, 0) is 11.3 Å². The summed E-state index contributed by atoms with van der Waals surface area (Å²) in [6.45, 7) is 1.53. The Morgan fingerprint density at radius 1 is 1.08 bits per heavy atom. The van der Waals surface area contributed by atoms with E-state index in [1.165, 1.54) is 29.4 Å². The van der Waals surface area contributed by atoms with Gasteiger partial charge in [0.05, 0.1) is 23.7 Å². The first kappa shape index (κ1) is 21.7. The third-order valence-electron chi connectivity index (χ3n) is 5.83. The van der Waals surface area contributed by atoms with Gasteiger partial charge in [0.2, 0.25) is 5.91 Å². The maximum absolute atomic E-state index is 13.4. The Bertz CT molecular complexity index is 1710. The molecule has 0 saturated carbocycles. The summed E-state index contributed by atoms with van der Waals surface area (Å²) in [5.41, 5.74) is 2.97. The molecule has 5 aromatic rings. The number of likely N-dealkylation sites (N-methyl/N-ethyl adjacent to an activating group) is 1. The molecule has 182 valence electrons. The van der Waals surface area contributed by atoms with E-state index in [2.05, 4.69) is 34.5 Å². The molecule has 11 nitrogen and oxygen atoms in total. The minimum absolute atomic E-state index is 0.131. The average molecular weight is 493 g/mol. The molecule has 1 amide bonds. The van der Waals surface area contributed by atoms with E-state index < -0.39 is 24.3 Å². The molecule has 0 atom stereocenters. The fourth-order valence-electron chi connectivity index (χ4n) is 4.19. The van der Waals surface area contributed by atoms with Gasteiger partial charge < -0.3 is 24.3 Å². The van der Waals surface area contributed by atoms with Crippen molar-refractivity contribution in [1.29, 1.82) is 0 Å². The number of nitrogens with zero attached hydrogens (tertiary/aromatic N) is 5. The number of alkyl halides is 2.